The van der Waals surface area contributed by atoms with Gasteiger partial charge in [-0.15, -0.1) is 0 Å². The van der Waals surface area contributed by atoms with E-state index in [2.05, 4.69) is 19.2 Å². The van der Waals surface area contributed by atoms with Crippen molar-refractivity contribution in [2.45, 2.75) is 39.2 Å². The zero-order valence-corrected chi connectivity index (χ0v) is 11.6. The van der Waals surface area contributed by atoms with Crippen LogP contribution in [0.25, 0.3) is 0 Å². The first-order valence-electron chi connectivity index (χ1n) is 6.26. The highest BCUT2D eigenvalue weighted by molar-refractivity contribution is 7.80. The van der Waals surface area contributed by atoms with Crippen molar-refractivity contribution in [3.05, 3.63) is 29.6 Å². The molecular weight excluding hydrogens is 247 g/mol. The maximum absolute atomic E-state index is 13.2. The van der Waals surface area contributed by atoms with Crippen LogP contribution in [-0.2, 0) is 0 Å². The number of thiocarbonyl (C=S) groups is 1. The smallest absolute Gasteiger partial charge is 0.124 e. The lowest BCUT2D eigenvalue weighted by molar-refractivity contribution is 0.350. The summed E-state index contributed by atoms with van der Waals surface area (Å²) in [6.45, 7) is 4.50. The molecule has 3 N–H and O–H groups in total. The van der Waals surface area contributed by atoms with Crippen LogP contribution in [-0.4, -0.2) is 11.0 Å². The van der Waals surface area contributed by atoms with Crippen LogP contribution in [0.5, 0.6) is 0 Å². The third kappa shape index (κ3) is 2.64. The third-order valence-corrected chi connectivity index (χ3v) is 4.05. The summed E-state index contributed by atoms with van der Waals surface area (Å²) in [6, 6.07) is 4.94. The van der Waals surface area contributed by atoms with Gasteiger partial charge in [-0.2, -0.15) is 0 Å². The van der Waals surface area contributed by atoms with Gasteiger partial charge < -0.3 is 11.1 Å². The lowest BCUT2D eigenvalue weighted by Crippen LogP contribution is -2.31. The molecule has 0 amide bonds. The van der Waals surface area contributed by atoms with Crippen molar-refractivity contribution < 1.29 is 4.39 Å². The van der Waals surface area contributed by atoms with Gasteiger partial charge in [-0.25, -0.2) is 4.39 Å². The molecule has 2 rings (SSSR count). The Morgan fingerprint density at radius 1 is 1.50 bits per heavy atom. The minimum Gasteiger partial charge on any atom is -0.389 e. The number of rotatable bonds is 3. The van der Waals surface area contributed by atoms with Gasteiger partial charge >= 0.3 is 0 Å². The fourth-order valence-corrected chi connectivity index (χ4v) is 2.80. The second-order valence-electron chi connectivity index (χ2n) is 5.63. The van der Waals surface area contributed by atoms with E-state index in [0.29, 0.717) is 11.6 Å². The van der Waals surface area contributed by atoms with Gasteiger partial charge in [-0.05, 0) is 36.5 Å². The van der Waals surface area contributed by atoms with Crippen LogP contribution >= 0.6 is 12.2 Å². The molecule has 1 aliphatic rings. The van der Waals surface area contributed by atoms with Crippen molar-refractivity contribution in [3.63, 3.8) is 0 Å². The molecule has 1 aromatic carbocycles. The van der Waals surface area contributed by atoms with E-state index in [9.17, 15) is 4.39 Å². The fraction of sp³-hybridized carbons (Fsp3) is 0.500. The first kappa shape index (κ1) is 13.3. The Labute approximate surface area is 113 Å². The van der Waals surface area contributed by atoms with E-state index in [1.807, 2.05) is 0 Å². The average Bonchev–Trinajstić information content (AvgIpc) is 2.60. The summed E-state index contributed by atoms with van der Waals surface area (Å²) in [5.74, 6) is -0.311. The van der Waals surface area contributed by atoms with Crippen LogP contribution < -0.4 is 11.1 Å². The summed E-state index contributed by atoms with van der Waals surface area (Å²) in [5, 5.41) is 3.47. The highest BCUT2D eigenvalue weighted by Crippen LogP contribution is 2.39. The number of anilines is 1. The van der Waals surface area contributed by atoms with Crippen molar-refractivity contribution in [2.75, 3.05) is 5.32 Å². The monoisotopic (exact) mass is 266 g/mol. The van der Waals surface area contributed by atoms with Crippen LogP contribution in [0.3, 0.4) is 0 Å². The summed E-state index contributed by atoms with van der Waals surface area (Å²) in [4.78, 5) is 0.229. The van der Waals surface area contributed by atoms with Gasteiger partial charge in [0.2, 0.25) is 0 Å². The predicted molar refractivity (Wildman–Crippen MR) is 77.3 cm³/mol. The molecule has 0 radical (unpaired) electrons. The number of hydrogen-bond acceptors (Lipinski definition) is 2. The SMILES string of the molecule is CC1(C)CCCC1Nc1ccc(F)cc1C(N)=S. The van der Waals surface area contributed by atoms with Gasteiger partial charge in [0.25, 0.3) is 0 Å². The summed E-state index contributed by atoms with van der Waals surface area (Å²) in [5.41, 5.74) is 7.33. The molecule has 0 heterocycles. The summed E-state index contributed by atoms with van der Waals surface area (Å²) in [7, 11) is 0. The van der Waals surface area contributed by atoms with Crippen LogP contribution in [0.1, 0.15) is 38.7 Å². The Hall–Kier alpha value is -1.16. The topological polar surface area (TPSA) is 38.0 Å². The van der Waals surface area contributed by atoms with Crippen molar-refractivity contribution in [3.8, 4) is 0 Å². The Kier molecular flexibility index (Phi) is 3.57. The molecule has 2 nitrogen and oxygen atoms in total. The Balaban J connectivity index is 2.26. The molecule has 1 atom stereocenters. The quantitative estimate of drug-likeness (QED) is 0.823. The van der Waals surface area contributed by atoms with Crippen molar-refractivity contribution in [2.24, 2.45) is 11.1 Å². The molecule has 1 unspecified atom stereocenters. The Morgan fingerprint density at radius 2 is 2.22 bits per heavy atom. The molecule has 0 saturated heterocycles. The molecular formula is C14H19FN2S. The molecule has 0 bridgehead atoms. The summed E-state index contributed by atoms with van der Waals surface area (Å²) >= 11 is 4.98. The molecule has 0 aromatic heterocycles. The van der Waals surface area contributed by atoms with Crippen LogP contribution in [0.15, 0.2) is 18.2 Å². The first-order chi connectivity index (χ1) is 8.40. The molecule has 0 aliphatic heterocycles. The van der Waals surface area contributed by atoms with E-state index in [4.69, 9.17) is 18.0 Å². The van der Waals surface area contributed by atoms with Crippen LogP contribution in [0, 0.1) is 11.2 Å². The van der Waals surface area contributed by atoms with Gasteiger partial charge in [0, 0.05) is 17.3 Å². The number of hydrogen-bond donors (Lipinski definition) is 2. The molecule has 1 fully saturated rings. The van der Waals surface area contributed by atoms with Gasteiger partial charge in [-0.3, -0.25) is 0 Å². The van der Waals surface area contributed by atoms with E-state index in [-0.39, 0.29) is 16.2 Å². The van der Waals surface area contributed by atoms with E-state index >= 15 is 0 Å². The highest BCUT2D eigenvalue weighted by Gasteiger charge is 2.34. The van der Waals surface area contributed by atoms with E-state index in [1.165, 1.54) is 25.0 Å². The number of benzene rings is 1. The first-order valence-corrected chi connectivity index (χ1v) is 6.67. The van der Waals surface area contributed by atoms with Gasteiger partial charge in [0.05, 0.1) is 0 Å². The molecule has 0 spiro atoms. The van der Waals surface area contributed by atoms with Gasteiger partial charge in [-0.1, -0.05) is 32.5 Å². The third-order valence-electron chi connectivity index (χ3n) is 3.83. The Morgan fingerprint density at radius 3 is 2.78 bits per heavy atom. The van der Waals surface area contributed by atoms with Crippen LogP contribution in [0.4, 0.5) is 10.1 Å². The molecule has 1 aromatic rings. The fourth-order valence-electron chi connectivity index (χ4n) is 2.63. The largest absolute Gasteiger partial charge is 0.389 e. The minimum absolute atomic E-state index is 0.229. The molecule has 1 aliphatic carbocycles. The minimum atomic E-state index is -0.311. The molecule has 98 valence electrons. The van der Waals surface area contributed by atoms with Gasteiger partial charge in [0.1, 0.15) is 10.8 Å². The second-order valence-corrected chi connectivity index (χ2v) is 6.07. The lowest BCUT2D eigenvalue weighted by atomic mass is 9.87. The van der Waals surface area contributed by atoms with E-state index in [0.717, 1.165) is 12.1 Å². The maximum atomic E-state index is 13.2. The number of halogens is 1. The zero-order valence-electron chi connectivity index (χ0n) is 10.8. The Bertz CT molecular complexity index is 471. The van der Waals surface area contributed by atoms with Gasteiger partial charge in [0.15, 0.2) is 0 Å². The molecule has 18 heavy (non-hydrogen) atoms. The highest BCUT2D eigenvalue weighted by atomic mass is 32.1. The molecule has 1 saturated carbocycles. The normalized spacial score (nSPS) is 21.8. The van der Waals surface area contributed by atoms with E-state index in [1.54, 1.807) is 6.07 Å². The van der Waals surface area contributed by atoms with Crippen molar-refractivity contribution >= 4 is 22.9 Å². The predicted octanol–water partition coefficient (Wildman–Crippen LogP) is 3.45. The average molecular weight is 266 g/mol. The van der Waals surface area contributed by atoms with Crippen LogP contribution in [0.2, 0.25) is 0 Å². The van der Waals surface area contributed by atoms with E-state index < -0.39 is 0 Å². The zero-order chi connectivity index (χ0) is 13.3. The summed E-state index contributed by atoms with van der Waals surface area (Å²) < 4.78 is 13.2. The van der Waals surface area contributed by atoms with Crippen molar-refractivity contribution in [1.82, 2.24) is 0 Å². The lowest BCUT2D eigenvalue weighted by Gasteiger charge is -2.29. The maximum Gasteiger partial charge on any atom is 0.124 e. The number of nitrogens with two attached hydrogens (primary N) is 1. The van der Waals surface area contributed by atoms with Crippen molar-refractivity contribution in [1.29, 1.82) is 0 Å². The standard InChI is InChI=1S/C14H19FN2S/c1-14(2)7-3-4-12(14)17-11-6-5-9(15)8-10(11)13(16)18/h5-6,8,12,17H,3-4,7H2,1-2H3,(H2,16,18). The second kappa shape index (κ2) is 4.84. The molecule has 4 heteroatoms. The number of nitrogens with one attached hydrogen (secondary N) is 1. The summed E-state index contributed by atoms with van der Waals surface area (Å²) in [6.07, 6.45) is 3.55.